The lowest BCUT2D eigenvalue weighted by molar-refractivity contribution is -0.149. The van der Waals surface area contributed by atoms with Gasteiger partial charge in [0.15, 0.2) is 0 Å². The molecule has 0 amide bonds. The fourth-order valence-electron chi connectivity index (χ4n) is 2.45. The number of hydrogen-bond donors (Lipinski definition) is 1. The molecule has 2 rings (SSSR count). The number of ether oxygens (including phenoxy) is 1. The van der Waals surface area contributed by atoms with Crippen LogP contribution in [0.1, 0.15) is 36.5 Å². The summed E-state index contributed by atoms with van der Waals surface area (Å²) in [6.07, 6.45) is 1.48. The molecule has 0 bridgehead atoms. The van der Waals surface area contributed by atoms with Crippen LogP contribution in [0.25, 0.3) is 0 Å². The molecule has 0 radical (unpaired) electrons. The van der Waals surface area contributed by atoms with Crippen LogP contribution in [0.3, 0.4) is 0 Å². The Morgan fingerprint density at radius 2 is 2.29 bits per heavy atom. The van der Waals surface area contributed by atoms with E-state index in [0.717, 1.165) is 23.1 Å². The van der Waals surface area contributed by atoms with Gasteiger partial charge in [-0.05, 0) is 37.8 Å². The number of rotatable bonds is 3. The summed E-state index contributed by atoms with van der Waals surface area (Å²) in [4.78, 5) is 11.5. The van der Waals surface area contributed by atoms with Gasteiger partial charge >= 0.3 is 5.97 Å². The van der Waals surface area contributed by atoms with E-state index in [9.17, 15) is 9.90 Å². The van der Waals surface area contributed by atoms with Crippen molar-refractivity contribution in [1.29, 1.82) is 0 Å². The molecule has 3 heteroatoms. The predicted molar refractivity (Wildman–Crippen MR) is 64.6 cm³/mol. The number of benzene rings is 1. The lowest BCUT2D eigenvalue weighted by Gasteiger charge is -2.23. The molecule has 1 aliphatic carbocycles. The van der Waals surface area contributed by atoms with E-state index in [2.05, 4.69) is 0 Å². The van der Waals surface area contributed by atoms with Crippen LogP contribution < -0.4 is 0 Å². The van der Waals surface area contributed by atoms with Crippen molar-refractivity contribution in [2.45, 2.75) is 38.7 Å². The van der Waals surface area contributed by atoms with Gasteiger partial charge < -0.3 is 9.84 Å². The number of aliphatic hydroxyl groups is 1. The summed E-state index contributed by atoms with van der Waals surface area (Å²) in [5.74, 6) is -0.329. The minimum atomic E-state index is -1.03. The maximum Gasteiger partial charge on any atom is 0.309 e. The number of hydrogen-bond acceptors (Lipinski definition) is 3. The van der Waals surface area contributed by atoms with E-state index >= 15 is 0 Å². The number of aryl methyl sites for hydroxylation is 2. The molecule has 0 aromatic heterocycles. The predicted octanol–water partition coefficient (Wildman–Crippen LogP) is 2.08. The fourth-order valence-corrected chi connectivity index (χ4v) is 2.45. The highest BCUT2D eigenvalue weighted by molar-refractivity contribution is 5.71. The highest BCUT2D eigenvalue weighted by Crippen LogP contribution is 2.39. The molecule has 17 heavy (non-hydrogen) atoms. The first kappa shape index (κ1) is 12.1. The van der Waals surface area contributed by atoms with Crippen LogP contribution in [0.5, 0.6) is 0 Å². The molecule has 0 heterocycles. The molecule has 0 saturated carbocycles. The summed E-state index contributed by atoms with van der Waals surface area (Å²) in [6, 6.07) is 6.05. The van der Waals surface area contributed by atoms with Crippen molar-refractivity contribution in [3.63, 3.8) is 0 Å². The second-order valence-corrected chi connectivity index (χ2v) is 4.67. The molecule has 0 spiro atoms. The number of fused-ring (bicyclic) bond motifs is 1. The largest absolute Gasteiger partial charge is 0.466 e. The Morgan fingerprint density at radius 1 is 1.53 bits per heavy atom. The highest BCUT2D eigenvalue weighted by atomic mass is 16.5. The highest BCUT2D eigenvalue weighted by Gasteiger charge is 2.38. The van der Waals surface area contributed by atoms with Gasteiger partial charge in [-0.15, -0.1) is 0 Å². The zero-order valence-electron chi connectivity index (χ0n) is 10.3. The van der Waals surface area contributed by atoms with E-state index in [1.54, 1.807) is 6.92 Å². The first-order valence-corrected chi connectivity index (χ1v) is 6.03. The molecule has 1 atom stereocenters. The van der Waals surface area contributed by atoms with Crippen LogP contribution in [0, 0.1) is 6.92 Å². The van der Waals surface area contributed by atoms with Crippen molar-refractivity contribution in [2.24, 2.45) is 0 Å². The Bertz CT molecular complexity index is 439. The van der Waals surface area contributed by atoms with E-state index in [4.69, 9.17) is 4.74 Å². The molecule has 1 aromatic carbocycles. The van der Waals surface area contributed by atoms with E-state index in [1.807, 2.05) is 25.1 Å². The van der Waals surface area contributed by atoms with Gasteiger partial charge in [-0.2, -0.15) is 0 Å². The zero-order chi connectivity index (χ0) is 12.5. The Balaban J connectivity index is 2.24. The second kappa shape index (κ2) is 4.49. The van der Waals surface area contributed by atoms with Gasteiger partial charge in [0.2, 0.25) is 0 Å². The smallest absolute Gasteiger partial charge is 0.309 e. The van der Waals surface area contributed by atoms with Crippen molar-refractivity contribution >= 4 is 5.97 Å². The van der Waals surface area contributed by atoms with Crippen molar-refractivity contribution in [3.8, 4) is 0 Å². The number of carbonyl (C=O) groups is 1. The molecule has 3 nitrogen and oxygen atoms in total. The molecule has 1 aliphatic rings. The molecule has 0 aliphatic heterocycles. The molecule has 0 fully saturated rings. The Kier molecular flexibility index (Phi) is 3.20. The molecule has 92 valence electrons. The summed E-state index contributed by atoms with van der Waals surface area (Å²) in [6.45, 7) is 4.12. The number of esters is 1. The number of carbonyl (C=O) groups excluding carboxylic acids is 1. The van der Waals surface area contributed by atoms with Crippen molar-refractivity contribution < 1.29 is 14.6 Å². The van der Waals surface area contributed by atoms with Gasteiger partial charge in [0, 0.05) is 0 Å². The molecule has 1 N–H and O–H groups in total. The minimum absolute atomic E-state index is 0.0529. The van der Waals surface area contributed by atoms with Crippen LogP contribution >= 0.6 is 0 Å². The van der Waals surface area contributed by atoms with Gasteiger partial charge in [-0.1, -0.05) is 23.8 Å². The normalized spacial score (nSPS) is 22.3. The third kappa shape index (κ3) is 2.34. The summed E-state index contributed by atoms with van der Waals surface area (Å²) in [7, 11) is 0. The van der Waals surface area contributed by atoms with Gasteiger partial charge in [-0.3, -0.25) is 4.79 Å². The van der Waals surface area contributed by atoms with E-state index in [-0.39, 0.29) is 12.4 Å². The third-order valence-electron chi connectivity index (χ3n) is 3.32. The summed E-state index contributed by atoms with van der Waals surface area (Å²) < 4.78 is 4.92. The van der Waals surface area contributed by atoms with Crippen molar-refractivity contribution in [1.82, 2.24) is 0 Å². The maximum absolute atomic E-state index is 11.5. The molecule has 1 aromatic rings. The Morgan fingerprint density at radius 3 is 3.00 bits per heavy atom. The van der Waals surface area contributed by atoms with E-state index in [0.29, 0.717) is 13.0 Å². The van der Waals surface area contributed by atoms with Crippen molar-refractivity contribution in [2.75, 3.05) is 6.61 Å². The fraction of sp³-hybridized carbons (Fsp3) is 0.500. The summed E-state index contributed by atoms with van der Waals surface area (Å²) >= 11 is 0. The van der Waals surface area contributed by atoms with E-state index < -0.39 is 5.60 Å². The lowest BCUT2D eigenvalue weighted by atomic mass is 9.91. The lowest BCUT2D eigenvalue weighted by Crippen LogP contribution is -2.27. The maximum atomic E-state index is 11.5. The van der Waals surface area contributed by atoms with Crippen LogP contribution in [0.2, 0.25) is 0 Å². The van der Waals surface area contributed by atoms with Crippen LogP contribution in [-0.4, -0.2) is 17.7 Å². The SMILES string of the molecule is CCOC(=O)CC1(O)CCc2ccc(C)cc21. The van der Waals surface area contributed by atoms with Gasteiger partial charge in [0.05, 0.1) is 13.0 Å². The topological polar surface area (TPSA) is 46.5 Å². The standard InChI is InChI=1S/C14H18O3/c1-3-17-13(15)9-14(16)7-6-11-5-4-10(2)8-12(11)14/h4-5,8,16H,3,6-7,9H2,1-2H3. The first-order valence-electron chi connectivity index (χ1n) is 6.03. The summed E-state index contributed by atoms with van der Waals surface area (Å²) in [5.41, 5.74) is 2.11. The third-order valence-corrected chi connectivity index (χ3v) is 3.32. The average Bonchev–Trinajstić information content (AvgIpc) is 2.57. The van der Waals surface area contributed by atoms with Crippen LogP contribution in [0.15, 0.2) is 18.2 Å². The van der Waals surface area contributed by atoms with Crippen LogP contribution in [0.4, 0.5) is 0 Å². The van der Waals surface area contributed by atoms with Gasteiger partial charge in [0.1, 0.15) is 5.60 Å². The average molecular weight is 234 g/mol. The first-order chi connectivity index (χ1) is 8.05. The molecular weight excluding hydrogens is 216 g/mol. The van der Waals surface area contributed by atoms with Gasteiger partial charge in [-0.25, -0.2) is 0 Å². The van der Waals surface area contributed by atoms with Gasteiger partial charge in [0.25, 0.3) is 0 Å². The Hall–Kier alpha value is -1.35. The monoisotopic (exact) mass is 234 g/mol. The second-order valence-electron chi connectivity index (χ2n) is 4.67. The zero-order valence-corrected chi connectivity index (χ0v) is 10.3. The summed E-state index contributed by atoms with van der Waals surface area (Å²) in [5, 5.41) is 10.6. The molecule has 1 unspecified atom stereocenters. The van der Waals surface area contributed by atoms with Crippen LogP contribution in [-0.2, 0) is 21.6 Å². The molecular formula is C14H18O3. The molecule has 0 saturated heterocycles. The Labute approximate surface area is 101 Å². The quantitative estimate of drug-likeness (QED) is 0.814. The minimum Gasteiger partial charge on any atom is -0.466 e. The van der Waals surface area contributed by atoms with E-state index in [1.165, 1.54) is 0 Å². The van der Waals surface area contributed by atoms with Crippen molar-refractivity contribution in [3.05, 3.63) is 34.9 Å².